The topological polar surface area (TPSA) is 22.0 Å². The number of hydrogen-bond donors (Lipinski definition) is 0. The quantitative estimate of drug-likeness (QED) is 0.647. The molecule has 0 aliphatic rings. The van der Waals surface area contributed by atoms with E-state index in [4.69, 9.17) is 0 Å². The third-order valence-electron chi connectivity index (χ3n) is 1.70. The van der Waals surface area contributed by atoms with E-state index < -0.39 is 0 Å². The lowest BCUT2D eigenvalue weighted by atomic mass is 10.2. The van der Waals surface area contributed by atoms with Crippen molar-refractivity contribution in [3.63, 3.8) is 0 Å². The van der Waals surface area contributed by atoms with Crippen molar-refractivity contribution in [2.45, 2.75) is 13.8 Å². The standard InChI is InChI=1S/C8H10BrNO/c1-5-4-10(3)8(11)6(2)7(5)9/h4H,1-3H3. The average Bonchev–Trinajstić information content (AvgIpc) is 1.97. The van der Waals surface area contributed by atoms with Crippen LogP contribution < -0.4 is 5.56 Å². The molecule has 0 N–H and O–H groups in total. The molecule has 0 aromatic carbocycles. The molecule has 0 atom stereocenters. The van der Waals surface area contributed by atoms with Crippen molar-refractivity contribution in [1.29, 1.82) is 0 Å². The second-order valence-corrected chi connectivity index (χ2v) is 3.46. The van der Waals surface area contributed by atoms with Crippen LogP contribution in [0.15, 0.2) is 15.5 Å². The van der Waals surface area contributed by atoms with Crippen molar-refractivity contribution in [2.75, 3.05) is 0 Å². The van der Waals surface area contributed by atoms with E-state index in [-0.39, 0.29) is 5.56 Å². The number of aryl methyl sites for hydroxylation is 2. The molecule has 0 unspecified atom stereocenters. The molecule has 0 amide bonds. The van der Waals surface area contributed by atoms with Gasteiger partial charge in [0.1, 0.15) is 0 Å². The molecular weight excluding hydrogens is 206 g/mol. The third-order valence-corrected chi connectivity index (χ3v) is 2.92. The van der Waals surface area contributed by atoms with Gasteiger partial charge in [0.05, 0.1) is 0 Å². The van der Waals surface area contributed by atoms with Gasteiger partial charge in [-0.05, 0) is 35.3 Å². The lowest BCUT2D eigenvalue weighted by Gasteiger charge is -2.04. The zero-order valence-corrected chi connectivity index (χ0v) is 8.40. The first-order valence-electron chi connectivity index (χ1n) is 3.36. The van der Waals surface area contributed by atoms with E-state index >= 15 is 0 Å². The fourth-order valence-electron chi connectivity index (χ4n) is 1.06. The van der Waals surface area contributed by atoms with E-state index in [2.05, 4.69) is 15.9 Å². The Balaban J connectivity index is 3.59. The van der Waals surface area contributed by atoms with Crippen molar-refractivity contribution < 1.29 is 0 Å². The molecule has 0 aliphatic carbocycles. The first-order valence-corrected chi connectivity index (χ1v) is 4.15. The van der Waals surface area contributed by atoms with Crippen LogP contribution in [-0.2, 0) is 7.05 Å². The van der Waals surface area contributed by atoms with Crippen LogP contribution in [0.5, 0.6) is 0 Å². The number of hydrogen-bond acceptors (Lipinski definition) is 1. The van der Waals surface area contributed by atoms with Gasteiger partial charge in [-0.3, -0.25) is 4.79 Å². The van der Waals surface area contributed by atoms with Gasteiger partial charge in [-0.25, -0.2) is 0 Å². The zero-order valence-electron chi connectivity index (χ0n) is 6.81. The molecule has 0 fully saturated rings. The Kier molecular flexibility index (Phi) is 2.18. The molecule has 11 heavy (non-hydrogen) atoms. The molecule has 0 aliphatic heterocycles. The van der Waals surface area contributed by atoms with Gasteiger partial charge in [-0.15, -0.1) is 0 Å². The number of pyridine rings is 1. The average molecular weight is 216 g/mol. The Morgan fingerprint density at radius 3 is 2.55 bits per heavy atom. The molecule has 1 aromatic heterocycles. The number of nitrogens with zero attached hydrogens (tertiary/aromatic N) is 1. The molecule has 2 nitrogen and oxygen atoms in total. The van der Waals surface area contributed by atoms with Crippen LogP contribution >= 0.6 is 15.9 Å². The minimum atomic E-state index is 0.0578. The van der Waals surface area contributed by atoms with Gasteiger partial charge < -0.3 is 4.57 Å². The maximum absolute atomic E-state index is 11.3. The summed E-state index contributed by atoms with van der Waals surface area (Å²) in [6.07, 6.45) is 1.82. The van der Waals surface area contributed by atoms with Crippen molar-refractivity contribution >= 4 is 15.9 Å². The van der Waals surface area contributed by atoms with Gasteiger partial charge in [-0.2, -0.15) is 0 Å². The molecule has 1 heterocycles. The minimum Gasteiger partial charge on any atom is -0.318 e. The smallest absolute Gasteiger partial charge is 0.254 e. The summed E-state index contributed by atoms with van der Waals surface area (Å²) in [5.74, 6) is 0. The Morgan fingerprint density at radius 2 is 2.00 bits per heavy atom. The van der Waals surface area contributed by atoms with Crippen LogP contribution in [0.2, 0.25) is 0 Å². The molecule has 0 spiro atoms. The molecule has 0 saturated heterocycles. The Bertz CT molecular complexity index is 341. The van der Waals surface area contributed by atoms with Crippen LogP contribution in [0.1, 0.15) is 11.1 Å². The third kappa shape index (κ3) is 1.38. The van der Waals surface area contributed by atoms with Gasteiger partial charge in [0, 0.05) is 23.3 Å². The Hall–Kier alpha value is -0.570. The lowest BCUT2D eigenvalue weighted by Crippen LogP contribution is -2.19. The summed E-state index contributed by atoms with van der Waals surface area (Å²) in [5.41, 5.74) is 1.92. The summed E-state index contributed by atoms with van der Waals surface area (Å²) in [6, 6.07) is 0. The van der Waals surface area contributed by atoms with Gasteiger partial charge in [0.15, 0.2) is 0 Å². The number of aromatic nitrogens is 1. The normalized spacial score (nSPS) is 10.2. The summed E-state index contributed by atoms with van der Waals surface area (Å²) in [7, 11) is 1.76. The highest BCUT2D eigenvalue weighted by Crippen LogP contribution is 2.16. The van der Waals surface area contributed by atoms with E-state index in [1.165, 1.54) is 0 Å². The SMILES string of the molecule is Cc1cn(C)c(=O)c(C)c1Br. The van der Waals surface area contributed by atoms with Crippen LogP contribution in [0.25, 0.3) is 0 Å². The van der Waals surface area contributed by atoms with E-state index in [0.29, 0.717) is 0 Å². The zero-order chi connectivity index (χ0) is 8.59. The van der Waals surface area contributed by atoms with E-state index in [0.717, 1.165) is 15.6 Å². The van der Waals surface area contributed by atoms with Crippen molar-refractivity contribution in [1.82, 2.24) is 4.57 Å². The summed E-state index contributed by atoms with van der Waals surface area (Å²) >= 11 is 3.35. The largest absolute Gasteiger partial charge is 0.318 e. The summed E-state index contributed by atoms with van der Waals surface area (Å²) in [5, 5.41) is 0. The van der Waals surface area contributed by atoms with Crippen LogP contribution in [0.3, 0.4) is 0 Å². The van der Waals surface area contributed by atoms with Gasteiger partial charge in [0.2, 0.25) is 0 Å². The van der Waals surface area contributed by atoms with Crippen molar-refractivity contribution in [3.05, 3.63) is 32.2 Å². The highest BCUT2D eigenvalue weighted by Gasteiger charge is 2.03. The highest BCUT2D eigenvalue weighted by molar-refractivity contribution is 9.10. The Labute approximate surface area is 74.0 Å². The molecule has 60 valence electrons. The summed E-state index contributed by atoms with van der Waals surface area (Å²) in [6.45, 7) is 3.79. The molecule has 1 aromatic rings. The molecule has 0 saturated carbocycles. The first kappa shape index (κ1) is 8.53. The fraction of sp³-hybridized carbons (Fsp3) is 0.375. The van der Waals surface area contributed by atoms with Gasteiger partial charge in [-0.1, -0.05) is 0 Å². The van der Waals surface area contributed by atoms with Gasteiger partial charge in [0.25, 0.3) is 5.56 Å². The lowest BCUT2D eigenvalue weighted by molar-refractivity contribution is 0.836. The second kappa shape index (κ2) is 2.81. The molecule has 0 bridgehead atoms. The van der Waals surface area contributed by atoms with Crippen molar-refractivity contribution in [2.24, 2.45) is 7.05 Å². The van der Waals surface area contributed by atoms with Crippen molar-refractivity contribution in [3.8, 4) is 0 Å². The second-order valence-electron chi connectivity index (χ2n) is 2.67. The van der Waals surface area contributed by atoms with E-state index in [9.17, 15) is 4.79 Å². The maximum atomic E-state index is 11.3. The first-order chi connectivity index (χ1) is 5.04. The Morgan fingerprint density at radius 1 is 1.45 bits per heavy atom. The van der Waals surface area contributed by atoms with Gasteiger partial charge >= 0.3 is 0 Å². The predicted octanol–water partition coefficient (Wildman–Crippen LogP) is 1.76. The number of rotatable bonds is 0. The number of halogens is 1. The van der Waals surface area contributed by atoms with E-state index in [1.54, 1.807) is 11.6 Å². The molecule has 0 radical (unpaired) electrons. The van der Waals surface area contributed by atoms with Crippen LogP contribution in [0.4, 0.5) is 0 Å². The fourth-order valence-corrected chi connectivity index (χ4v) is 1.33. The summed E-state index contributed by atoms with van der Waals surface area (Å²) < 4.78 is 2.51. The summed E-state index contributed by atoms with van der Waals surface area (Å²) in [4.78, 5) is 11.3. The van der Waals surface area contributed by atoms with Crippen LogP contribution in [-0.4, -0.2) is 4.57 Å². The predicted molar refractivity (Wildman–Crippen MR) is 48.9 cm³/mol. The van der Waals surface area contributed by atoms with Crippen LogP contribution in [0, 0.1) is 13.8 Å². The minimum absolute atomic E-state index is 0.0578. The highest BCUT2D eigenvalue weighted by atomic mass is 79.9. The molecule has 3 heteroatoms. The maximum Gasteiger partial charge on any atom is 0.254 e. The molecular formula is C8H10BrNO. The monoisotopic (exact) mass is 215 g/mol. The molecule has 1 rings (SSSR count). The van der Waals surface area contributed by atoms with E-state index in [1.807, 2.05) is 20.0 Å².